The first-order valence-electron chi connectivity index (χ1n) is 7.02. The fraction of sp³-hybridized carbons (Fsp3) is 0.688. The molecule has 0 rings (SSSR count). The molecule has 0 spiro atoms. The third kappa shape index (κ3) is 13.5. The molecule has 0 heterocycles. The van der Waals surface area contributed by atoms with Crippen molar-refractivity contribution in [2.45, 2.75) is 71.1 Å². The molecule has 0 heteroatoms. The average molecular weight is 221 g/mol. The number of hydrogen-bond acceptors (Lipinski definition) is 0. The molecule has 0 saturated carbocycles. The van der Waals surface area contributed by atoms with E-state index in [-0.39, 0.29) is 0 Å². The summed E-state index contributed by atoms with van der Waals surface area (Å²) < 4.78 is 0. The van der Waals surface area contributed by atoms with Gasteiger partial charge in [0, 0.05) is 0 Å². The minimum absolute atomic E-state index is 1.10. The highest BCUT2D eigenvalue weighted by Gasteiger charge is 1.87. The monoisotopic (exact) mass is 221 g/mol. The number of allylic oxidation sites excluding steroid dienone is 4. The molecule has 0 aliphatic carbocycles. The molecule has 0 saturated heterocycles. The van der Waals surface area contributed by atoms with Crippen LogP contribution in [0.4, 0.5) is 0 Å². The predicted molar refractivity (Wildman–Crippen MR) is 75.5 cm³/mol. The van der Waals surface area contributed by atoms with Gasteiger partial charge in [-0.1, -0.05) is 83.1 Å². The second kappa shape index (κ2) is 14.5. The van der Waals surface area contributed by atoms with Gasteiger partial charge in [0.15, 0.2) is 0 Å². The maximum Gasteiger partial charge on any atom is -0.0348 e. The van der Waals surface area contributed by atoms with Crippen LogP contribution in [0.25, 0.3) is 0 Å². The normalized spacial score (nSPS) is 11.9. The third-order valence-electron chi connectivity index (χ3n) is 2.73. The summed E-state index contributed by atoms with van der Waals surface area (Å²) in [7, 11) is 0. The summed E-state index contributed by atoms with van der Waals surface area (Å²) in [6, 6.07) is 0. The molecule has 0 aromatic heterocycles. The van der Waals surface area contributed by atoms with Crippen LogP contribution in [0.2, 0.25) is 0 Å². The van der Waals surface area contributed by atoms with Gasteiger partial charge >= 0.3 is 0 Å². The average Bonchev–Trinajstić information content (AvgIpc) is 2.31. The van der Waals surface area contributed by atoms with Crippen molar-refractivity contribution in [3.8, 4) is 0 Å². The Morgan fingerprint density at radius 2 is 1.31 bits per heavy atom. The molecule has 0 aromatic rings. The number of rotatable bonds is 11. The van der Waals surface area contributed by atoms with E-state index in [1.165, 1.54) is 57.8 Å². The Labute approximate surface area is 103 Å². The van der Waals surface area contributed by atoms with E-state index in [2.05, 4.69) is 38.2 Å². The van der Waals surface area contributed by atoms with Gasteiger partial charge in [-0.2, -0.15) is 0 Å². The Balaban J connectivity index is 3.12. The van der Waals surface area contributed by atoms with Crippen LogP contribution in [0.5, 0.6) is 0 Å². The van der Waals surface area contributed by atoms with Gasteiger partial charge in [0.25, 0.3) is 0 Å². The zero-order valence-electron chi connectivity index (χ0n) is 11.1. The van der Waals surface area contributed by atoms with Crippen molar-refractivity contribution in [2.75, 3.05) is 0 Å². The van der Waals surface area contributed by atoms with Crippen molar-refractivity contribution in [3.05, 3.63) is 31.2 Å². The van der Waals surface area contributed by atoms with Crippen molar-refractivity contribution in [1.29, 1.82) is 0 Å². The van der Waals surface area contributed by atoms with Gasteiger partial charge in [0.05, 0.1) is 0 Å². The molecular formula is C16H29. The highest BCUT2D eigenvalue weighted by Crippen LogP contribution is 2.07. The molecule has 0 fully saturated rings. The maximum absolute atomic E-state index is 3.86. The minimum Gasteiger partial charge on any atom is -0.0845 e. The highest BCUT2D eigenvalue weighted by atomic mass is 13.9. The van der Waals surface area contributed by atoms with Gasteiger partial charge in [0.2, 0.25) is 0 Å². The highest BCUT2D eigenvalue weighted by molar-refractivity contribution is 5.02. The quantitative estimate of drug-likeness (QED) is 0.303. The first kappa shape index (κ1) is 15.5. The Kier molecular flexibility index (Phi) is 14.0. The molecule has 0 atom stereocenters. The zero-order chi connectivity index (χ0) is 11.9. The smallest absolute Gasteiger partial charge is 0.0348 e. The van der Waals surface area contributed by atoms with E-state index in [9.17, 15) is 0 Å². The van der Waals surface area contributed by atoms with Crippen LogP contribution in [0.15, 0.2) is 24.3 Å². The second-order valence-corrected chi connectivity index (χ2v) is 4.41. The molecule has 1 radical (unpaired) electrons. The molecule has 0 unspecified atom stereocenters. The maximum atomic E-state index is 3.86. The third-order valence-corrected chi connectivity index (χ3v) is 2.73. The van der Waals surface area contributed by atoms with Crippen molar-refractivity contribution in [2.24, 2.45) is 0 Å². The summed E-state index contributed by atoms with van der Waals surface area (Å²) >= 11 is 0. The Hall–Kier alpha value is -0.520. The van der Waals surface area contributed by atoms with Crippen LogP contribution >= 0.6 is 0 Å². The van der Waals surface area contributed by atoms with E-state index >= 15 is 0 Å². The van der Waals surface area contributed by atoms with E-state index in [1.807, 2.05) is 0 Å². The van der Waals surface area contributed by atoms with E-state index in [1.54, 1.807) is 0 Å². The zero-order valence-corrected chi connectivity index (χ0v) is 11.1. The summed E-state index contributed by atoms with van der Waals surface area (Å²) in [6.45, 7) is 6.09. The van der Waals surface area contributed by atoms with E-state index in [0.717, 1.165) is 6.42 Å². The van der Waals surface area contributed by atoms with E-state index in [4.69, 9.17) is 0 Å². The number of hydrogen-bond donors (Lipinski definition) is 0. The molecule has 0 bridgehead atoms. The van der Waals surface area contributed by atoms with Gasteiger partial charge < -0.3 is 0 Å². The van der Waals surface area contributed by atoms with Gasteiger partial charge in [-0.05, 0) is 19.3 Å². The first-order valence-corrected chi connectivity index (χ1v) is 7.02. The van der Waals surface area contributed by atoms with Crippen LogP contribution in [0, 0.1) is 6.92 Å². The van der Waals surface area contributed by atoms with Gasteiger partial charge in [-0.15, -0.1) is 0 Å². The van der Waals surface area contributed by atoms with Crippen LogP contribution in [0.3, 0.4) is 0 Å². The lowest BCUT2D eigenvalue weighted by molar-refractivity contribution is 0.621. The standard InChI is InChI=1S/C16H29/c1-3-5-7-9-11-13-15-16-14-12-10-8-6-4-2/h10,12,14,16H,1,3-9,11,13,15H2,2H3/b12-10+,16-14+. The van der Waals surface area contributed by atoms with Crippen LogP contribution < -0.4 is 0 Å². The molecule has 93 valence electrons. The van der Waals surface area contributed by atoms with Gasteiger partial charge in [0.1, 0.15) is 0 Å². The first-order chi connectivity index (χ1) is 7.91. The van der Waals surface area contributed by atoms with E-state index in [0.29, 0.717) is 0 Å². The molecule has 0 amide bonds. The minimum atomic E-state index is 1.10. The summed E-state index contributed by atoms with van der Waals surface area (Å²) in [5, 5.41) is 0. The molecule has 0 aliphatic rings. The van der Waals surface area contributed by atoms with Crippen molar-refractivity contribution >= 4 is 0 Å². The SMILES string of the molecule is [CH2]CCCCCCC/C=C/C=C/CCCC. The van der Waals surface area contributed by atoms with Crippen molar-refractivity contribution in [3.63, 3.8) is 0 Å². The van der Waals surface area contributed by atoms with Crippen LogP contribution in [-0.4, -0.2) is 0 Å². The molecule has 16 heavy (non-hydrogen) atoms. The van der Waals surface area contributed by atoms with Crippen molar-refractivity contribution in [1.82, 2.24) is 0 Å². The fourth-order valence-corrected chi connectivity index (χ4v) is 1.64. The van der Waals surface area contributed by atoms with Crippen LogP contribution in [0.1, 0.15) is 71.1 Å². The summed E-state index contributed by atoms with van der Waals surface area (Å²) in [4.78, 5) is 0. The Morgan fingerprint density at radius 3 is 1.94 bits per heavy atom. The predicted octanol–water partition coefficient (Wildman–Crippen LogP) is 5.85. The fourth-order valence-electron chi connectivity index (χ4n) is 1.64. The lowest BCUT2D eigenvalue weighted by Crippen LogP contribution is -1.77. The molecular weight excluding hydrogens is 192 g/mol. The number of unbranched alkanes of at least 4 members (excludes halogenated alkanes) is 8. The lowest BCUT2D eigenvalue weighted by Gasteiger charge is -1.97. The Morgan fingerprint density at radius 1 is 0.750 bits per heavy atom. The summed E-state index contributed by atoms with van der Waals surface area (Å²) in [6.07, 6.45) is 21.9. The van der Waals surface area contributed by atoms with Crippen LogP contribution in [-0.2, 0) is 0 Å². The van der Waals surface area contributed by atoms with Crippen molar-refractivity contribution < 1.29 is 0 Å². The largest absolute Gasteiger partial charge is 0.0845 e. The molecule has 0 nitrogen and oxygen atoms in total. The molecule has 0 N–H and O–H groups in total. The van der Waals surface area contributed by atoms with Gasteiger partial charge in [-0.3, -0.25) is 0 Å². The Bertz CT molecular complexity index is 165. The second-order valence-electron chi connectivity index (χ2n) is 4.41. The summed E-state index contributed by atoms with van der Waals surface area (Å²) in [5.41, 5.74) is 0. The lowest BCUT2D eigenvalue weighted by atomic mass is 10.1. The van der Waals surface area contributed by atoms with E-state index < -0.39 is 0 Å². The topological polar surface area (TPSA) is 0 Å². The van der Waals surface area contributed by atoms with Gasteiger partial charge in [-0.25, -0.2) is 0 Å². The molecule has 0 aromatic carbocycles. The molecule has 0 aliphatic heterocycles. The summed E-state index contributed by atoms with van der Waals surface area (Å²) in [5.74, 6) is 0.